The molecule has 1 saturated heterocycles. The van der Waals surface area contributed by atoms with Gasteiger partial charge in [-0.2, -0.15) is 0 Å². The summed E-state index contributed by atoms with van der Waals surface area (Å²) >= 11 is 0. The van der Waals surface area contributed by atoms with E-state index in [2.05, 4.69) is 5.32 Å². The molecule has 2 fully saturated rings. The first kappa shape index (κ1) is 18.4. The number of aryl methyl sites for hydroxylation is 2. The first-order chi connectivity index (χ1) is 13.4. The molecule has 2 atom stereocenters. The van der Waals surface area contributed by atoms with Gasteiger partial charge in [0.05, 0.1) is 17.5 Å². The van der Waals surface area contributed by atoms with Crippen LogP contribution < -0.4 is 10.2 Å². The van der Waals surface area contributed by atoms with E-state index in [1.54, 1.807) is 24.3 Å². The standard InChI is InChI=1S/C23H24N2O3/c1-14-11-15(2)13-17(12-14)24-21(26)16-7-9-18(10-8-16)25-22(27)19-5-3-4-6-20(19)23(25)28/h7-13,19-20H,3-6H2,1-2H3,(H,24,26)/t19-,20+. The van der Waals surface area contributed by atoms with Crippen LogP contribution in [0.1, 0.15) is 47.2 Å². The Morgan fingerprint density at radius 2 is 1.43 bits per heavy atom. The number of anilines is 2. The van der Waals surface area contributed by atoms with Crippen LogP contribution >= 0.6 is 0 Å². The van der Waals surface area contributed by atoms with Crippen molar-refractivity contribution in [1.29, 1.82) is 0 Å². The number of hydrogen-bond acceptors (Lipinski definition) is 3. The molecular formula is C23H24N2O3. The Kier molecular flexibility index (Phi) is 4.75. The molecule has 1 aliphatic heterocycles. The summed E-state index contributed by atoms with van der Waals surface area (Å²) < 4.78 is 0. The Bertz CT molecular complexity index is 905. The Morgan fingerprint density at radius 1 is 0.893 bits per heavy atom. The fraction of sp³-hybridized carbons (Fsp3) is 0.348. The summed E-state index contributed by atoms with van der Waals surface area (Å²) in [6.07, 6.45) is 3.60. The normalized spacial score (nSPS) is 21.6. The van der Waals surface area contributed by atoms with E-state index in [-0.39, 0.29) is 29.6 Å². The topological polar surface area (TPSA) is 66.5 Å². The Morgan fingerprint density at radius 3 is 1.96 bits per heavy atom. The average molecular weight is 376 g/mol. The van der Waals surface area contributed by atoms with E-state index in [9.17, 15) is 14.4 Å². The molecule has 4 rings (SSSR count). The molecule has 144 valence electrons. The molecule has 1 heterocycles. The SMILES string of the molecule is Cc1cc(C)cc(NC(=O)c2ccc(N3C(=O)[C@H]4CCCC[C@H]4C3=O)cc2)c1. The van der Waals surface area contributed by atoms with Crippen molar-refractivity contribution in [2.75, 3.05) is 10.2 Å². The van der Waals surface area contributed by atoms with Gasteiger partial charge < -0.3 is 5.32 Å². The Hall–Kier alpha value is -2.95. The zero-order valence-electron chi connectivity index (χ0n) is 16.2. The van der Waals surface area contributed by atoms with E-state index in [1.165, 1.54) is 4.90 Å². The molecule has 5 heteroatoms. The fourth-order valence-electron chi connectivity index (χ4n) is 4.43. The molecule has 0 aromatic heterocycles. The van der Waals surface area contributed by atoms with E-state index in [0.717, 1.165) is 42.5 Å². The smallest absolute Gasteiger partial charge is 0.255 e. The zero-order chi connectivity index (χ0) is 19.8. The molecule has 28 heavy (non-hydrogen) atoms. The number of nitrogens with zero attached hydrogens (tertiary/aromatic N) is 1. The maximum Gasteiger partial charge on any atom is 0.255 e. The second kappa shape index (κ2) is 7.23. The highest BCUT2D eigenvalue weighted by atomic mass is 16.2. The number of carbonyl (C=O) groups is 3. The zero-order valence-corrected chi connectivity index (χ0v) is 16.2. The third-order valence-electron chi connectivity index (χ3n) is 5.71. The van der Waals surface area contributed by atoms with Crippen LogP contribution in [0.15, 0.2) is 42.5 Å². The van der Waals surface area contributed by atoms with Gasteiger partial charge in [0.25, 0.3) is 5.91 Å². The van der Waals surface area contributed by atoms with E-state index < -0.39 is 0 Å². The van der Waals surface area contributed by atoms with Crippen LogP contribution in [0.5, 0.6) is 0 Å². The van der Waals surface area contributed by atoms with E-state index in [1.807, 2.05) is 32.0 Å². The first-order valence-corrected chi connectivity index (χ1v) is 9.81. The van der Waals surface area contributed by atoms with Gasteiger partial charge in [-0.1, -0.05) is 18.9 Å². The molecule has 1 saturated carbocycles. The third kappa shape index (κ3) is 3.33. The first-order valence-electron chi connectivity index (χ1n) is 9.81. The van der Waals surface area contributed by atoms with Crippen molar-refractivity contribution in [2.24, 2.45) is 11.8 Å². The highest BCUT2D eigenvalue weighted by molar-refractivity contribution is 6.22. The number of fused-ring (bicyclic) bond motifs is 1. The number of hydrogen-bond donors (Lipinski definition) is 1. The lowest BCUT2D eigenvalue weighted by atomic mass is 9.81. The van der Waals surface area contributed by atoms with Crippen LogP contribution in [0.4, 0.5) is 11.4 Å². The minimum Gasteiger partial charge on any atom is -0.322 e. The summed E-state index contributed by atoms with van der Waals surface area (Å²) in [5, 5.41) is 2.90. The fourth-order valence-corrected chi connectivity index (χ4v) is 4.43. The molecule has 0 bridgehead atoms. The van der Waals surface area contributed by atoms with Crippen LogP contribution in [0.25, 0.3) is 0 Å². The monoisotopic (exact) mass is 376 g/mol. The van der Waals surface area contributed by atoms with Gasteiger partial charge in [0.2, 0.25) is 11.8 Å². The lowest BCUT2D eigenvalue weighted by Crippen LogP contribution is -2.30. The summed E-state index contributed by atoms with van der Waals surface area (Å²) in [4.78, 5) is 39.3. The van der Waals surface area contributed by atoms with Crippen molar-refractivity contribution in [3.05, 3.63) is 59.2 Å². The maximum absolute atomic E-state index is 12.7. The van der Waals surface area contributed by atoms with Crippen LogP contribution in [-0.4, -0.2) is 17.7 Å². The predicted molar refractivity (Wildman–Crippen MR) is 108 cm³/mol. The lowest BCUT2D eigenvalue weighted by Gasteiger charge is -2.19. The van der Waals surface area contributed by atoms with Crippen molar-refractivity contribution in [3.8, 4) is 0 Å². The third-order valence-corrected chi connectivity index (χ3v) is 5.71. The van der Waals surface area contributed by atoms with Gasteiger partial charge in [-0.3, -0.25) is 19.3 Å². The lowest BCUT2D eigenvalue weighted by molar-refractivity contribution is -0.122. The molecule has 1 aliphatic carbocycles. The summed E-state index contributed by atoms with van der Waals surface area (Å²) in [6.45, 7) is 3.97. The highest BCUT2D eigenvalue weighted by Gasteiger charge is 2.48. The van der Waals surface area contributed by atoms with Crippen LogP contribution in [-0.2, 0) is 9.59 Å². The number of rotatable bonds is 3. The maximum atomic E-state index is 12.7. The van der Waals surface area contributed by atoms with Crippen molar-refractivity contribution < 1.29 is 14.4 Å². The molecule has 3 amide bonds. The number of amides is 3. The summed E-state index contributed by atoms with van der Waals surface area (Å²) in [7, 11) is 0. The van der Waals surface area contributed by atoms with Crippen molar-refractivity contribution in [1.82, 2.24) is 0 Å². The molecule has 2 aromatic rings. The van der Waals surface area contributed by atoms with Crippen LogP contribution in [0, 0.1) is 25.7 Å². The minimum absolute atomic E-state index is 0.0952. The molecule has 2 aromatic carbocycles. The summed E-state index contributed by atoms with van der Waals surface area (Å²) in [5.74, 6) is -0.754. The van der Waals surface area contributed by atoms with Gasteiger partial charge >= 0.3 is 0 Å². The molecule has 1 N–H and O–H groups in total. The molecule has 5 nitrogen and oxygen atoms in total. The number of benzene rings is 2. The quantitative estimate of drug-likeness (QED) is 0.815. The molecule has 0 unspecified atom stereocenters. The van der Waals surface area contributed by atoms with Gasteiger partial charge in [0.1, 0.15) is 0 Å². The van der Waals surface area contributed by atoms with Crippen LogP contribution in [0.3, 0.4) is 0 Å². The van der Waals surface area contributed by atoms with Gasteiger partial charge in [0, 0.05) is 11.3 Å². The van der Waals surface area contributed by atoms with Crippen LogP contribution in [0.2, 0.25) is 0 Å². The van der Waals surface area contributed by atoms with Crippen molar-refractivity contribution in [2.45, 2.75) is 39.5 Å². The van der Waals surface area contributed by atoms with E-state index >= 15 is 0 Å². The molecule has 0 radical (unpaired) electrons. The van der Waals surface area contributed by atoms with Crippen molar-refractivity contribution in [3.63, 3.8) is 0 Å². The van der Waals surface area contributed by atoms with E-state index in [4.69, 9.17) is 0 Å². The predicted octanol–water partition coefficient (Wildman–Crippen LogP) is 4.24. The van der Waals surface area contributed by atoms with Gasteiger partial charge in [-0.15, -0.1) is 0 Å². The Balaban J connectivity index is 1.51. The number of carbonyl (C=O) groups excluding carboxylic acids is 3. The van der Waals surface area contributed by atoms with Gasteiger partial charge in [-0.05, 0) is 74.2 Å². The Labute approximate surface area is 164 Å². The van der Waals surface area contributed by atoms with Gasteiger partial charge in [-0.25, -0.2) is 0 Å². The van der Waals surface area contributed by atoms with Crippen molar-refractivity contribution >= 4 is 29.1 Å². The molecule has 2 aliphatic rings. The second-order valence-corrected chi connectivity index (χ2v) is 7.89. The molecule has 0 spiro atoms. The highest BCUT2D eigenvalue weighted by Crippen LogP contribution is 2.40. The molecular weight excluding hydrogens is 352 g/mol. The number of imide groups is 1. The minimum atomic E-state index is -0.218. The summed E-state index contributed by atoms with van der Waals surface area (Å²) in [6, 6.07) is 12.6. The average Bonchev–Trinajstić information content (AvgIpc) is 2.92. The second-order valence-electron chi connectivity index (χ2n) is 7.89. The van der Waals surface area contributed by atoms with Gasteiger partial charge in [0.15, 0.2) is 0 Å². The van der Waals surface area contributed by atoms with E-state index in [0.29, 0.717) is 11.3 Å². The number of nitrogens with one attached hydrogen (secondary N) is 1. The summed E-state index contributed by atoms with van der Waals surface area (Å²) in [5.41, 5.74) is 3.95. The largest absolute Gasteiger partial charge is 0.322 e.